The third-order valence-corrected chi connectivity index (χ3v) is 2.76. The number of carboxylic acids is 2. The van der Waals surface area contributed by atoms with Crippen LogP contribution in [0.5, 0.6) is 0 Å². The van der Waals surface area contributed by atoms with Crippen molar-refractivity contribution in [2.45, 2.75) is 25.8 Å². The lowest BCUT2D eigenvalue weighted by atomic mass is 10.1. The Morgan fingerprint density at radius 3 is 2.38 bits per heavy atom. The van der Waals surface area contributed by atoms with E-state index in [2.05, 4.69) is 0 Å². The number of carbonyl (C=O) groups is 3. The quantitative estimate of drug-likeness (QED) is 0.735. The lowest BCUT2D eigenvalue weighted by molar-refractivity contribution is -0.140. The van der Waals surface area contributed by atoms with E-state index < -0.39 is 53.9 Å². The highest BCUT2D eigenvalue weighted by Crippen LogP contribution is 2.16. The minimum Gasteiger partial charge on any atom is -0.481 e. The number of nitrogens with one attached hydrogen (secondary N) is 1. The third kappa shape index (κ3) is 4.23. The monoisotopic (exact) mass is 301 g/mol. The fourth-order valence-corrected chi connectivity index (χ4v) is 1.62. The number of hydrogen-bond acceptors (Lipinski definition) is 3. The number of aryl methyl sites for hydroxylation is 1. The Morgan fingerprint density at radius 2 is 1.86 bits per heavy atom. The van der Waals surface area contributed by atoms with Gasteiger partial charge in [0.15, 0.2) is 0 Å². The van der Waals surface area contributed by atoms with Gasteiger partial charge in [-0.1, -0.05) is 6.07 Å². The molecule has 3 N–H and O–H groups in total. The van der Waals surface area contributed by atoms with Crippen LogP contribution in [0, 0.1) is 18.6 Å². The van der Waals surface area contributed by atoms with Gasteiger partial charge in [0.1, 0.15) is 23.2 Å². The van der Waals surface area contributed by atoms with Crippen molar-refractivity contribution in [1.29, 1.82) is 0 Å². The topological polar surface area (TPSA) is 104 Å². The van der Waals surface area contributed by atoms with Crippen LogP contribution in [-0.2, 0) is 9.59 Å². The maximum absolute atomic E-state index is 13.7. The molecular weight excluding hydrogens is 288 g/mol. The summed E-state index contributed by atoms with van der Waals surface area (Å²) in [4.78, 5) is 33.1. The van der Waals surface area contributed by atoms with E-state index >= 15 is 0 Å². The predicted octanol–water partition coefficient (Wildman–Crippen LogP) is 1.32. The van der Waals surface area contributed by atoms with E-state index in [4.69, 9.17) is 10.2 Å². The minimum atomic E-state index is -1.55. The summed E-state index contributed by atoms with van der Waals surface area (Å²) in [7, 11) is 0. The number of halogens is 2. The maximum Gasteiger partial charge on any atom is 0.326 e. The van der Waals surface area contributed by atoms with E-state index in [-0.39, 0.29) is 5.56 Å². The van der Waals surface area contributed by atoms with Crippen LogP contribution in [0.15, 0.2) is 12.1 Å². The zero-order valence-corrected chi connectivity index (χ0v) is 11.0. The normalized spacial score (nSPS) is 11.8. The van der Waals surface area contributed by atoms with Gasteiger partial charge < -0.3 is 15.5 Å². The molecule has 0 spiro atoms. The highest BCUT2D eigenvalue weighted by atomic mass is 19.1. The van der Waals surface area contributed by atoms with Crippen LogP contribution in [-0.4, -0.2) is 34.1 Å². The SMILES string of the molecule is Cc1ccc(F)c(C(=O)N[C@@H](CCC(=O)O)C(=O)O)c1F. The minimum absolute atomic E-state index is 0.0268. The van der Waals surface area contributed by atoms with Gasteiger partial charge in [0.25, 0.3) is 5.91 Å². The summed E-state index contributed by atoms with van der Waals surface area (Å²) in [6.45, 7) is 1.32. The number of benzene rings is 1. The van der Waals surface area contributed by atoms with Crippen LogP contribution in [0.1, 0.15) is 28.8 Å². The molecular formula is C13H13F2NO5. The summed E-state index contributed by atoms with van der Waals surface area (Å²) in [5, 5.41) is 19.3. The van der Waals surface area contributed by atoms with Gasteiger partial charge in [-0.25, -0.2) is 13.6 Å². The van der Waals surface area contributed by atoms with Crippen molar-refractivity contribution in [2.24, 2.45) is 0 Å². The van der Waals surface area contributed by atoms with Gasteiger partial charge in [-0.05, 0) is 25.0 Å². The summed E-state index contributed by atoms with van der Waals surface area (Å²) in [6, 6.07) is 0.480. The van der Waals surface area contributed by atoms with E-state index in [0.29, 0.717) is 0 Å². The molecule has 1 rings (SSSR count). The second-order valence-electron chi connectivity index (χ2n) is 4.35. The second-order valence-corrected chi connectivity index (χ2v) is 4.35. The molecule has 21 heavy (non-hydrogen) atoms. The van der Waals surface area contributed by atoms with Crippen molar-refractivity contribution in [1.82, 2.24) is 5.32 Å². The average molecular weight is 301 g/mol. The molecule has 114 valence electrons. The Kier molecular flexibility index (Phi) is 5.34. The predicted molar refractivity (Wildman–Crippen MR) is 66.9 cm³/mol. The van der Waals surface area contributed by atoms with Crippen LogP contribution < -0.4 is 5.32 Å². The molecule has 1 aromatic carbocycles. The number of hydrogen-bond donors (Lipinski definition) is 3. The Bertz CT molecular complexity index is 588. The van der Waals surface area contributed by atoms with Crippen LogP contribution in [0.3, 0.4) is 0 Å². The molecule has 0 aliphatic rings. The fraction of sp³-hybridized carbons (Fsp3) is 0.308. The van der Waals surface area contributed by atoms with E-state index in [1.54, 1.807) is 0 Å². The summed E-state index contributed by atoms with van der Waals surface area (Å²) in [5.41, 5.74) is -0.865. The maximum atomic E-state index is 13.7. The Hall–Kier alpha value is -2.51. The molecule has 0 radical (unpaired) electrons. The van der Waals surface area contributed by atoms with Crippen molar-refractivity contribution in [3.8, 4) is 0 Å². The smallest absolute Gasteiger partial charge is 0.326 e. The van der Waals surface area contributed by atoms with Crippen molar-refractivity contribution in [3.05, 3.63) is 34.9 Å². The van der Waals surface area contributed by atoms with Crippen molar-refractivity contribution in [2.75, 3.05) is 0 Å². The van der Waals surface area contributed by atoms with Gasteiger partial charge in [0, 0.05) is 6.42 Å². The molecule has 0 bridgehead atoms. The highest BCUT2D eigenvalue weighted by Gasteiger charge is 2.25. The second kappa shape index (κ2) is 6.78. The van der Waals surface area contributed by atoms with Crippen LogP contribution in [0.4, 0.5) is 8.78 Å². The van der Waals surface area contributed by atoms with E-state index in [1.807, 2.05) is 5.32 Å². The van der Waals surface area contributed by atoms with Gasteiger partial charge in [-0.3, -0.25) is 9.59 Å². The van der Waals surface area contributed by atoms with Crippen LogP contribution >= 0.6 is 0 Å². The summed E-state index contributed by atoms with van der Waals surface area (Å²) in [6.07, 6.45) is -0.901. The summed E-state index contributed by atoms with van der Waals surface area (Å²) >= 11 is 0. The first kappa shape index (κ1) is 16.5. The van der Waals surface area contributed by atoms with Gasteiger partial charge in [-0.15, -0.1) is 0 Å². The van der Waals surface area contributed by atoms with Gasteiger partial charge in [0.2, 0.25) is 0 Å². The Morgan fingerprint density at radius 1 is 1.24 bits per heavy atom. The van der Waals surface area contributed by atoms with Gasteiger partial charge >= 0.3 is 11.9 Å². The number of carboxylic acid groups (broad SMARTS) is 2. The van der Waals surface area contributed by atoms with Gasteiger partial charge in [0.05, 0.1) is 0 Å². The van der Waals surface area contributed by atoms with Crippen molar-refractivity contribution >= 4 is 17.8 Å². The first-order valence-corrected chi connectivity index (χ1v) is 5.94. The van der Waals surface area contributed by atoms with Gasteiger partial charge in [-0.2, -0.15) is 0 Å². The molecule has 0 aliphatic heterocycles. The number of amides is 1. The number of aliphatic carboxylic acids is 2. The first-order valence-electron chi connectivity index (χ1n) is 5.94. The largest absolute Gasteiger partial charge is 0.481 e. The van der Waals surface area contributed by atoms with Crippen LogP contribution in [0.25, 0.3) is 0 Å². The zero-order chi connectivity index (χ0) is 16.2. The van der Waals surface area contributed by atoms with E-state index in [0.717, 1.165) is 12.1 Å². The fourth-order valence-electron chi connectivity index (χ4n) is 1.62. The van der Waals surface area contributed by atoms with Crippen molar-refractivity contribution in [3.63, 3.8) is 0 Å². The lowest BCUT2D eigenvalue weighted by Crippen LogP contribution is -2.41. The molecule has 0 saturated carbocycles. The highest BCUT2D eigenvalue weighted by molar-refractivity contribution is 5.97. The number of carbonyl (C=O) groups excluding carboxylic acids is 1. The molecule has 0 fully saturated rings. The molecule has 0 aromatic heterocycles. The van der Waals surface area contributed by atoms with Crippen LogP contribution in [0.2, 0.25) is 0 Å². The molecule has 0 heterocycles. The Labute approximate surface area is 118 Å². The zero-order valence-electron chi connectivity index (χ0n) is 11.0. The molecule has 6 nitrogen and oxygen atoms in total. The Balaban J connectivity index is 2.95. The molecule has 1 amide bonds. The molecule has 1 aromatic rings. The third-order valence-electron chi connectivity index (χ3n) is 2.76. The first-order chi connectivity index (χ1) is 9.73. The lowest BCUT2D eigenvalue weighted by Gasteiger charge is -2.14. The molecule has 0 aliphatic carbocycles. The molecule has 0 unspecified atom stereocenters. The van der Waals surface area contributed by atoms with E-state index in [9.17, 15) is 23.2 Å². The molecule has 0 saturated heterocycles. The summed E-state index contributed by atoms with van der Waals surface area (Å²) < 4.78 is 27.2. The average Bonchev–Trinajstić information content (AvgIpc) is 2.38. The standard InChI is InChI=1S/C13H13F2NO5/c1-6-2-3-7(14)10(11(6)15)12(19)16-8(13(20)21)4-5-9(17)18/h2-3,8H,4-5H2,1H3,(H,16,19)(H,17,18)(H,20,21)/t8-/m0/s1. The van der Waals surface area contributed by atoms with Crippen molar-refractivity contribution < 1.29 is 33.4 Å². The number of rotatable bonds is 6. The molecule has 1 atom stereocenters. The molecule has 8 heteroatoms. The summed E-state index contributed by atoms with van der Waals surface area (Å²) in [5.74, 6) is -6.19. The van der Waals surface area contributed by atoms with E-state index in [1.165, 1.54) is 6.92 Å².